The highest BCUT2D eigenvalue weighted by Crippen LogP contribution is 2.32. The summed E-state index contributed by atoms with van der Waals surface area (Å²) in [6, 6.07) is 22.1. The Bertz CT molecular complexity index is 1810. The van der Waals surface area contributed by atoms with E-state index in [0.29, 0.717) is 11.3 Å². The zero-order chi connectivity index (χ0) is 35.1. The zero-order valence-corrected chi connectivity index (χ0v) is 28.3. The summed E-state index contributed by atoms with van der Waals surface area (Å²) >= 11 is 0. The van der Waals surface area contributed by atoms with Crippen molar-refractivity contribution in [3.8, 4) is 11.5 Å². The van der Waals surface area contributed by atoms with Crippen LogP contribution in [0.1, 0.15) is 31.9 Å². The van der Waals surface area contributed by atoms with Crippen molar-refractivity contribution in [1.29, 1.82) is 0 Å². The molecular formula is C36H39F2N3O6S. The Labute approximate surface area is 280 Å². The van der Waals surface area contributed by atoms with E-state index in [1.54, 1.807) is 0 Å². The second-order valence-corrected chi connectivity index (χ2v) is 14.0. The van der Waals surface area contributed by atoms with Crippen molar-refractivity contribution in [3.63, 3.8) is 0 Å². The Hall–Kier alpha value is -4.97. The van der Waals surface area contributed by atoms with Gasteiger partial charge in [0.15, 0.2) is 11.5 Å². The third-order valence-electron chi connectivity index (χ3n) is 7.37. The molecule has 0 spiro atoms. The lowest BCUT2D eigenvalue weighted by atomic mass is 10.0. The molecular weight excluding hydrogens is 640 g/mol. The van der Waals surface area contributed by atoms with E-state index in [4.69, 9.17) is 9.47 Å². The van der Waals surface area contributed by atoms with Crippen LogP contribution in [0.5, 0.6) is 11.5 Å². The molecule has 4 aromatic rings. The summed E-state index contributed by atoms with van der Waals surface area (Å²) in [5.41, 5.74) is 0.632. The van der Waals surface area contributed by atoms with Gasteiger partial charge in [0.1, 0.15) is 24.2 Å². The number of halogens is 2. The number of amides is 2. The summed E-state index contributed by atoms with van der Waals surface area (Å²) in [7, 11) is -1.72. The first kappa shape index (κ1) is 35.9. The number of hydrogen-bond acceptors (Lipinski definition) is 6. The number of carbonyl (C=O) groups excluding carboxylic acids is 2. The van der Waals surface area contributed by atoms with Crippen molar-refractivity contribution >= 4 is 27.5 Å². The first-order chi connectivity index (χ1) is 22.7. The largest absolute Gasteiger partial charge is 0.493 e. The molecule has 0 radical (unpaired) electrons. The molecule has 0 bridgehead atoms. The highest BCUT2D eigenvalue weighted by Gasteiger charge is 2.36. The van der Waals surface area contributed by atoms with Crippen LogP contribution in [0.3, 0.4) is 0 Å². The minimum absolute atomic E-state index is 0.0139. The average Bonchev–Trinajstić information content (AvgIpc) is 3.05. The van der Waals surface area contributed by atoms with Crippen molar-refractivity contribution in [1.82, 2.24) is 10.2 Å². The third-order valence-corrected chi connectivity index (χ3v) is 9.14. The standard InChI is InChI=1S/C36H39F2N3O6S/c1-36(2,3)39-35(43)31(21-25-9-7-6-8-10-25)40(23-26-11-13-27(37)14-12-26)34(42)24-41(29-17-15-28(38)16-18-29)48(44,45)30-19-20-32(46-4)33(22-30)47-5/h6-20,22,31H,21,23-24H2,1-5H3,(H,39,43)/t31-/m1/s1. The molecule has 0 aliphatic heterocycles. The maximum absolute atomic E-state index is 14.5. The number of anilines is 1. The van der Waals surface area contributed by atoms with Crippen LogP contribution in [0.4, 0.5) is 14.5 Å². The van der Waals surface area contributed by atoms with E-state index in [1.807, 2.05) is 51.1 Å². The summed E-state index contributed by atoms with van der Waals surface area (Å²) in [5, 5.41) is 2.95. The molecule has 0 aliphatic carbocycles. The van der Waals surface area contributed by atoms with E-state index in [0.717, 1.165) is 22.0 Å². The lowest BCUT2D eigenvalue weighted by Crippen LogP contribution is -2.56. The van der Waals surface area contributed by atoms with E-state index in [1.165, 1.54) is 73.7 Å². The number of ether oxygens (including phenoxy) is 2. The van der Waals surface area contributed by atoms with Gasteiger partial charge in [0.05, 0.1) is 24.8 Å². The Morgan fingerprint density at radius 3 is 1.94 bits per heavy atom. The number of hydrogen-bond donors (Lipinski definition) is 1. The van der Waals surface area contributed by atoms with Crippen LogP contribution in [-0.2, 0) is 32.6 Å². The number of nitrogens with one attached hydrogen (secondary N) is 1. The fraction of sp³-hybridized carbons (Fsp3) is 0.278. The molecule has 2 amide bonds. The van der Waals surface area contributed by atoms with Gasteiger partial charge in [-0.05, 0) is 80.4 Å². The first-order valence-electron chi connectivity index (χ1n) is 15.1. The molecule has 0 fully saturated rings. The van der Waals surface area contributed by atoms with Crippen molar-refractivity contribution < 1.29 is 36.3 Å². The lowest BCUT2D eigenvalue weighted by Gasteiger charge is -2.35. The summed E-state index contributed by atoms with van der Waals surface area (Å²) in [6.45, 7) is 4.53. The minimum Gasteiger partial charge on any atom is -0.493 e. The van der Waals surface area contributed by atoms with Gasteiger partial charge in [-0.1, -0.05) is 42.5 Å². The van der Waals surface area contributed by atoms with E-state index < -0.39 is 51.6 Å². The molecule has 12 heteroatoms. The van der Waals surface area contributed by atoms with Crippen LogP contribution >= 0.6 is 0 Å². The molecule has 1 atom stereocenters. The molecule has 0 aromatic heterocycles. The van der Waals surface area contributed by atoms with Crippen molar-refractivity contribution in [2.45, 2.75) is 50.2 Å². The molecule has 0 saturated carbocycles. The van der Waals surface area contributed by atoms with Crippen LogP contribution in [0.2, 0.25) is 0 Å². The highest BCUT2D eigenvalue weighted by molar-refractivity contribution is 7.92. The van der Waals surface area contributed by atoms with Gasteiger partial charge in [0.2, 0.25) is 11.8 Å². The molecule has 48 heavy (non-hydrogen) atoms. The topological polar surface area (TPSA) is 105 Å². The molecule has 254 valence electrons. The molecule has 9 nitrogen and oxygen atoms in total. The quantitative estimate of drug-likeness (QED) is 0.194. The number of nitrogens with zero attached hydrogens (tertiary/aromatic N) is 2. The van der Waals surface area contributed by atoms with Crippen LogP contribution in [0.15, 0.2) is 102 Å². The van der Waals surface area contributed by atoms with E-state index in [2.05, 4.69) is 5.32 Å². The number of sulfonamides is 1. The van der Waals surface area contributed by atoms with E-state index >= 15 is 0 Å². The molecule has 0 saturated heterocycles. The molecule has 0 unspecified atom stereocenters. The zero-order valence-electron chi connectivity index (χ0n) is 27.4. The SMILES string of the molecule is COc1ccc(S(=O)(=O)N(CC(=O)N(Cc2ccc(F)cc2)[C@H](Cc2ccccc2)C(=O)NC(C)(C)C)c2ccc(F)cc2)cc1OC. The maximum atomic E-state index is 14.5. The molecule has 0 aliphatic rings. The smallest absolute Gasteiger partial charge is 0.264 e. The molecule has 0 heterocycles. The Morgan fingerprint density at radius 1 is 0.792 bits per heavy atom. The van der Waals surface area contributed by atoms with Gasteiger partial charge in [-0.2, -0.15) is 0 Å². The fourth-order valence-electron chi connectivity index (χ4n) is 5.03. The Balaban J connectivity index is 1.83. The van der Waals surface area contributed by atoms with Crippen molar-refractivity contribution in [2.75, 3.05) is 25.1 Å². The van der Waals surface area contributed by atoms with Crippen LogP contribution in [0.25, 0.3) is 0 Å². The van der Waals surface area contributed by atoms with Crippen molar-refractivity contribution in [3.05, 3.63) is 120 Å². The monoisotopic (exact) mass is 679 g/mol. The Kier molecular flexibility index (Phi) is 11.4. The van der Waals surface area contributed by atoms with Crippen molar-refractivity contribution in [2.24, 2.45) is 0 Å². The lowest BCUT2D eigenvalue weighted by molar-refractivity contribution is -0.140. The maximum Gasteiger partial charge on any atom is 0.264 e. The Morgan fingerprint density at radius 2 is 1.38 bits per heavy atom. The highest BCUT2D eigenvalue weighted by atomic mass is 32.2. The molecule has 4 aromatic carbocycles. The van der Waals surface area contributed by atoms with Gasteiger partial charge in [-0.15, -0.1) is 0 Å². The predicted molar refractivity (Wildman–Crippen MR) is 179 cm³/mol. The molecule has 1 N–H and O–H groups in total. The van der Waals surface area contributed by atoms with Crippen LogP contribution in [0, 0.1) is 11.6 Å². The van der Waals surface area contributed by atoms with Gasteiger partial charge in [0, 0.05) is 24.6 Å². The van der Waals surface area contributed by atoms with E-state index in [9.17, 15) is 26.8 Å². The average molecular weight is 680 g/mol. The normalized spacial score (nSPS) is 12.1. The van der Waals surface area contributed by atoms with Gasteiger partial charge in [0.25, 0.3) is 10.0 Å². The van der Waals surface area contributed by atoms with E-state index in [-0.39, 0.29) is 29.3 Å². The van der Waals surface area contributed by atoms with Crippen LogP contribution < -0.4 is 19.1 Å². The number of carbonyl (C=O) groups is 2. The second-order valence-electron chi connectivity index (χ2n) is 12.1. The number of rotatable bonds is 13. The number of benzene rings is 4. The molecule has 4 rings (SSSR count). The van der Waals surface area contributed by atoms with Gasteiger partial charge in [-0.25, -0.2) is 17.2 Å². The van der Waals surface area contributed by atoms with Gasteiger partial charge in [-0.3, -0.25) is 13.9 Å². The third kappa shape index (κ3) is 9.09. The number of methoxy groups -OCH3 is 2. The first-order valence-corrected chi connectivity index (χ1v) is 16.6. The summed E-state index contributed by atoms with van der Waals surface area (Å²) in [4.78, 5) is 29.5. The summed E-state index contributed by atoms with van der Waals surface area (Å²) in [5.74, 6) is -1.83. The summed E-state index contributed by atoms with van der Waals surface area (Å²) in [6.07, 6.45) is 0.106. The summed E-state index contributed by atoms with van der Waals surface area (Å²) < 4.78 is 67.8. The van der Waals surface area contributed by atoms with Gasteiger partial charge < -0.3 is 19.7 Å². The minimum atomic E-state index is -4.49. The fourth-order valence-corrected chi connectivity index (χ4v) is 6.46. The second kappa shape index (κ2) is 15.3. The van der Waals surface area contributed by atoms with Gasteiger partial charge >= 0.3 is 0 Å². The predicted octanol–water partition coefficient (Wildman–Crippen LogP) is 5.73. The van der Waals surface area contributed by atoms with Crippen LogP contribution in [-0.4, -0.2) is 57.5 Å².